The molecule has 2 saturated carbocycles. The first-order valence-electron chi connectivity index (χ1n) is 29.8. The predicted molar refractivity (Wildman–Crippen MR) is 329 cm³/mol. The Morgan fingerprint density at radius 1 is 0.383 bits per heavy atom. The Labute approximate surface area is 472 Å². The van der Waals surface area contributed by atoms with Crippen molar-refractivity contribution in [1.29, 1.82) is 0 Å². The fourth-order valence-electron chi connectivity index (χ4n) is 18.8. The molecule has 4 heterocycles. The molecule has 1 spiro atoms. The highest BCUT2D eigenvalue weighted by atomic mass is 15.0. The first kappa shape index (κ1) is 44.9. The summed E-state index contributed by atoms with van der Waals surface area (Å²) in [5.74, 6) is 2.61. The van der Waals surface area contributed by atoms with Gasteiger partial charge in [0.15, 0.2) is 0 Å². The summed E-state index contributed by atoms with van der Waals surface area (Å²) in [5.41, 5.74) is 26.0. The summed E-state index contributed by atoms with van der Waals surface area (Å²) in [6, 6.07) is 86.0. The van der Waals surface area contributed by atoms with Crippen molar-refractivity contribution in [3.05, 3.63) is 304 Å². The first-order valence-corrected chi connectivity index (χ1v) is 29.8. The maximum atomic E-state index is 6.05. The van der Waals surface area contributed by atoms with Gasteiger partial charge in [0.1, 0.15) is 0 Å². The molecule has 0 radical (unpaired) electrons. The van der Waals surface area contributed by atoms with Crippen LogP contribution in [0.3, 0.4) is 0 Å². The quantitative estimate of drug-likeness (QED) is 0.172. The van der Waals surface area contributed by atoms with Crippen LogP contribution in [-0.2, 0) is 16.2 Å². The summed E-state index contributed by atoms with van der Waals surface area (Å²) in [7, 11) is 0. The van der Waals surface area contributed by atoms with E-state index in [1.54, 1.807) is 5.56 Å². The van der Waals surface area contributed by atoms with Gasteiger partial charge in [-0.2, -0.15) is 0 Å². The number of benzene rings is 9. The molecule has 7 aliphatic rings. The Morgan fingerprint density at radius 3 is 1.41 bits per heavy atom. The van der Waals surface area contributed by atoms with Crippen molar-refractivity contribution in [3.63, 3.8) is 0 Å². The first-order chi connectivity index (χ1) is 40.1. The summed E-state index contributed by atoms with van der Waals surface area (Å²) in [5, 5.41) is 5.38. The monoisotopic (exact) mass is 1040 g/mol. The fourth-order valence-corrected chi connectivity index (χ4v) is 18.8. The van der Waals surface area contributed by atoms with Crippen LogP contribution in [0.25, 0.3) is 71.5 Å². The Morgan fingerprint density at radius 2 is 0.840 bits per heavy atom. The van der Waals surface area contributed by atoms with Gasteiger partial charge in [-0.25, -0.2) is 0 Å². The topological polar surface area (TPSA) is 30.2 Å². The lowest BCUT2D eigenvalue weighted by atomic mass is 9.53. The number of pyridine rings is 2. The standard InChI is InChI=1S/C78H57N3/c1-5-19-53(20-6-1)76(54-21-7-2-8-22-54)35-36-77(55-23-9-3-10-24-55,56-25-11-4-12-26-56)75-72(76)71-62-43-50(42-61-70-67(81(74(61)62)68(71)46-80-75)45-79-73-52-40-47-37-48(41-52)39-51(38-47)69(70)73)49-33-34-60-59-29-15-18-32-65(59)78(66(60)44-49)63-30-16-13-27-57(63)58-28-14-17-31-64(58)78/h1-34,42-48,51-52H,35-41H2. The van der Waals surface area contributed by atoms with Crippen LogP contribution >= 0.6 is 0 Å². The predicted octanol–water partition coefficient (Wildman–Crippen LogP) is 18.5. The van der Waals surface area contributed by atoms with Gasteiger partial charge in [-0.1, -0.05) is 206 Å². The molecule has 3 heteroatoms. The van der Waals surface area contributed by atoms with Crippen LogP contribution in [0.4, 0.5) is 0 Å². The molecular formula is C78H57N3. The molecule has 3 nitrogen and oxygen atoms in total. The van der Waals surface area contributed by atoms with Crippen molar-refractivity contribution in [2.45, 2.75) is 73.0 Å². The van der Waals surface area contributed by atoms with Crippen LogP contribution in [0.15, 0.2) is 237 Å². The maximum absolute atomic E-state index is 6.05. The second-order valence-corrected chi connectivity index (χ2v) is 25.0. The normalized spacial score (nSPS) is 20.8. The van der Waals surface area contributed by atoms with Crippen LogP contribution in [0, 0.1) is 11.8 Å². The average molecular weight is 1040 g/mol. The molecule has 81 heavy (non-hydrogen) atoms. The zero-order valence-electron chi connectivity index (χ0n) is 45.1. The van der Waals surface area contributed by atoms with E-state index in [1.807, 2.05) is 0 Å². The minimum absolute atomic E-state index is 0.451. The summed E-state index contributed by atoms with van der Waals surface area (Å²) >= 11 is 0. The van der Waals surface area contributed by atoms with Crippen molar-refractivity contribution in [2.24, 2.45) is 11.8 Å². The number of aromatic nitrogens is 3. The molecule has 2 atom stereocenters. The van der Waals surface area contributed by atoms with Crippen molar-refractivity contribution in [2.75, 3.05) is 0 Å². The maximum Gasteiger partial charge on any atom is 0.0729 e. The second-order valence-electron chi connectivity index (χ2n) is 25.0. The number of nitrogens with zero attached hydrogens (tertiary/aromatic N) is 3. The highest BCUT2D eigenvalue weighted by Gasteiger charge is 2.54. The Balaban J connectivity index is 0.983. The molecule has 0 amide bonds. The number of rotatable bonds is 5. The van der Waals surface area contributed by atoms with Crippen LogP contribution in [0.2, 0.25) is 0 Å². The lowest BCUT2D eigenvalue weighted by molar-refractivity contribution is 0.165. The smallest absolute Gasteiger partial charge is 0.0729 e. The fraction of sp³-hybridized carbons (Fsp3) is 0.179. The number of hydrogen-bond donors (Lipinski definition) is 0. The minimum atomic E-state index is -0.548. The van der Waals surface area contributed by atoms with Gasteiger partial charge in [-0.3, -0.25) is 9.97 Å². The van der Waals surface area contributed by atoms with Crippen molar-refractivity contribution >= 4 is 38.1 Å². The third kappa shape index (κ3) is 5.60. The van der Waals surface area contributed by atoms with Crippen LogP contribution in [0.5, 0.6) is 0 Å². The van der Waals surface area contributed by atoms with Crippen LogP contribution in [0.1, 0.15) is 124 Å². The molecule has 2 unspecified atom stereocenters. The lowest BCUT2D eigenvalue weighted by Gasteiger charge is -2.49. The number of hydrogen-bond acceptors (Lipinski definition) is 2. The van der Waals surface area contributed by atoms with Gasteiger partial charge in [0.2, 0.25) is 0 Å². The van der Waals surface area contributed by atoms with Gasteiger partial charge in [-0.15, -0.1) is 0 Å². The molecule has 384 valence electrons. The summed E-state index contributed by atoms with van der Waals surface area (Å²) in [6.45, 7) is 0. The van der Waals surface area contributed by atoms with E-state index in [0.717, 1.165) is 35.9 Å². The molecule has 20 rings (SSSR count). The minimum Gasteiger partial charge on any atom is -0.305 e. The van der Waals surface area contributed by atoms with Crippen LogP contribution in [-0.4, -0.2) is 14.4 Å². The zero-order valence-corrected chi connectivity index (χ0v) is 45.1. The summed E-state index contributed by atoms with van der Waals surface area (Å²) in [6.07, 6.45) is 12.8. The van der Waals surface area contributed by atoms with Gasteiger partial charge in [-0.05, 0) is 170 Å². The second kappa shape index (κ2) is 16.1. The van der Waals surface area contributed by atoms with E-state index < -0.39 is 16.2 Å². The van der Waals surface area contributed by atoms with Gasteiger partial charge in [0, 0.05) is 38.6 Å². The highest BCUT2D eigenvalue weighted by Crippen LogP contribution is 2.65. The molecule has 9 aromatic carbocycles. The Bertz CT molecular complexity index is 4610. The van der Waals surface area contributed by atoms with Gasteiger partial charge < -0.3 is 4.40 Å². The van der Waals surface area contributed by atoms with E-state index >= 15 is 0 Å². The molecule has 0 aliphatic heterocycles. The van der Waals surface area contributed by atoms with E-state index in [1.165, 1.54) is 154 Å². The molecule has 4 aromatic heterocycles. The zero-order chi connectivity index (χ0) is 52.8. The average Bonchev–Trinajstić information content (AvgIpc) is 4.38. The third-order valence-electron chi connectivity index (χ3n) is 21.6. The summed E-state index contributed by atoms with van der Waals surface area (Å²) in [4.78, 5) is 11.7. The highest BCUT2D eigenvalue weighted by molar-refractivity contribution is 6.26. The van der Waals surface area contributed by atoms with E-state index in [9.17, 15) is 0 Å². The Kier molecular flexibility index (Phi) is 8.94. The van der Waals surface area contributed by atoms with E-state index in [4.69, 9.17) is 9.97 Å². The lowest BCUT2D eigenvalue weighted by Crippen LogP contribution is -2.44. The molecule has 2 fully saturated rings. The number of fused-ring (bicyclic) bond motifs is 18. The third-order valence-corrected chi connectivity index (χ3v) is 21.6. The van der Waals surface area contributed by atoms with Gasteiger partial charge in [0.05, 0.1) is 45.5 Å². The van der Waals surface area contributed by atoms with Crippen LogP contribution < -0.4 is 0 Å². The van der Waals surface area contributed by atoms with Crippen molar-refractivity contribution in [3.8, 4) is 33.4 Å². The molecule has 4 bridgehead atoms. The van der Waals surface area contributed by atoms with Gasteiger partial charge in [0.25, 0.3) is 0 Å². The van der Waals surface area contributed by atoms with E-state index in [-0.39, 0.29) is 0 Å². The largest absolute Gasteiger partial charge is 0.305 e. The van der Waals surface area contributed by atoms with E-state index in [0.29, 0.717) is 11.8 Å². The molecule has 0 saturated heterocycles. The van der Waals surface area contributed by atoms with Crippen molar-refractivity contribution in [1.82, 2.24) is 14.4 Å². The Hall–Kier alpha value is -8.92. The van der Waals surface area contributed by atoms with Crippen molar-refractivity contribution < 1.29 is 0 Å². The SMILES string of the molecule is c1ccc(C2(c3ccccc3)CCC(c3ccccc3)(c3ccccc3)c3c2ncc2c3c3cc(-c4ccc5c(c4)C4(c6ccccc6-c6ccccc64)c4ccccc4-5)cc4c5c6c(ncc5n2c43)C2CC3CC(C2)CC6C3)cc1. The van der Waals surface area contributed by atoms with Gasteiger partial charge >= 0.3 is 0 Å². The summed E-state index contributed by atoms with van der Waals surface area (Å²) < 4.78 is 2.64. The molecule has 13 aromatic rings. The molecular weight excluding hydrogens is 979 g/mol. The molecule has 7 aliphatic carbocycles. The van der Waals surface area contributed by atoms with E-state index in [2.05, 4.69) is 241 Å². The molecule has 0 N–H and O–H groups in total.